The van der Waals surface area contributed by atoms with Gasteiger partial charge >= 0.3 is 0 Å². The molecule has 1 aromatic carbocycles. The van der Waals surface area contributed by atoms with E-state index in [0.717, 1.165) is 12.0 Å². The Morgan fingerprint density at radius 2 is 1.79 bits per heavy atom. The molecule has 0 fully saturated rings. The van der Waals surface area contributed by atoms with E-state index in [1.165, 1.54) is 10.6 Å². The number of nitrogens with zero attached hydrogens (tertiary/aromatic N) is 1. The maximum Gasteiger partial charge on any atom is 0.251 e. The lowest BCUT2D eigenvalue weighted by Crippen LogP contribution is -2.27. The van der Waals surface area contributed by atoms with Crippen molar-refractivity contribution in [2.24, 2.45) is 0 Å². The van der Waals surface area contributed by atoms with Crippen molar-refractivity contribution in [3.63, 3.8) is 0 Å². The number of rotatable bonds is 6. The zero-order valence-corrected chi connectivity index (χ0v) is 13.8. The summed E-state index contributed by atoms with van der Waals surface area (Å²) in [6.07, 6.45) is 2.52. The molecular formula is C18H21N3O3. The maximum absolute atomic E-state index is 12.1. The molecule has 126 valence electrons. The number of pyridine rings is 1. The number of hydrogen-bond acceptors (Lipinski definition) is 3. The number of carbonyl (C=O) groups excluding carboxylic acids is 2. The van der Waals surface area contributed by atoms with E-state index in [4.69, 9.17) is 0 Å². The molecule has 0 aliphatic rings. The van der Waals surface area contributed by atoms with Crippen molar-refractivity contribution in [2.45, 2.75) is 26.8 Å². The predicted molar refractivity (Wildman–Crippen MR) is 93.1 cm³/mol. The standard InChI is InChI=1S/C18H21N3O3/c1-3-10-19-18(24)14-5-7-15(8-6-14)20-16(22)12-21-11-13(2)4-9-17(21)23/h4-9,11H,3,10,12H2,1-2H3,(H,19,24)(H,20,22). The number of aryl methyl sites for hydroxylation is 1. The molecule has 0 bridgehead atoms. The van der Waals surface area contributed by atoms with Gasteiger partial charge in [0, 0.05) is 30.1 Å². The zero-order chi connectivity index (χ0) is 17.5. The third-order valence-electron chi connectivity index (χ3n) is 3.41. The summed E-state index contributed by atoms with van der Waals surface area (Å²) in [7, 11) is 0. The summed E-state index contributed by atoms with van der Waals surface area (Å²) in [6.45, 7) is 4.41. The van der Waals surface area contributed by atoms with Crippen LogP contribution in [0.1, 0.15) is 29.3 Å². The van der Waals surface area contributed by atoms with Crippen LogP contribution in [0.3, 0.4) is 0 Å². The summed E-state index contributed by atoms with van der Waals surface area (Å²) >= 11 is 0. The largest absolute Gasteiger partial charge is 0.352 e. The van der Waals surface area contributed by atoms with Gasteiger partial charge in [-0.2, -0.15) is 0 Å². The van der Waals surface area contributed by atoms with Crippen LogP contribution < -0.4 is 16.2 Å². The summed E-state index contributed by atoms with van der Waals surface area (Å²) in [6, 6.07) is 9.78. The Labute approximate surface area is 140 Å². The lowest BCUT2D eigenvalue weighted by molar-refractivity contribution is -0.116. The Bertz CT molecular complexity index is 779. The molecule has 0 spiro atoms. The van der Waals surface area contributed by atoms with Crippen molar-refractivity contribution < 1.29 is 9.59 Å². The zero-order valence-electron chi connectivity index (χ0n) is 13.8. The minimum atomic E-state index is -0.300. The number of benzene rings is 1. The molecule has 0 aliphatic heterocycles. The summed E-state index contributed by atoms with van der Waals surface area (Å²) in [4.78, 5) is 35.6. The molecule has 6 nitrogen and oxygen atoms in total. The van der Waals surface area contributed by atoms with Crippen LogP contribution in [0.15, 0.2) is 47.4 Å². The molecule has 0 saturated carbocycles. The van der Waals surface area contributed by atoms with Gasteiger partial charge in [0.2, 0.25) is 5.91 Å². The van der Waals surface area contributed by atoms with Gasteiger partial charge in [0.05, 0.1) is 0 Å². The minimum absolute atomic E-state index is 0.0563. The lowest BCUT2D eigenvalue weighted by Gasteiger charge is -2.09. The van der Waals surface area contributed by atoms with Crippen LogP contribution in [0.2, 0.25) is 0 Å². The fraction of sp³-hybridized carbons (Fsp3) is 0.278. The molecule has 2 rings (SSSR count). The molecule has 1 aromatic heterocycles. The number of nitrogens with one attached hydrogen (secondary N) is 2. The minimum Gasteiger partial charge on any atom is -0.352 e. The number of carbonyl (C=O) groups is 2. The van der Waals surface area contributed by atoms with E-state index in [-0.39, 0.29) is 23.9 Å². The van der Waals surface area contributed by atoms with Crippen LogP contribution in [-0.4, -0.2) is 22.9 Å². The van der Waals surface area contributed by atoms with Gasteiger partial charge in [-0.1, -0.05) is 13.0 Å². The molecule has 1 heterocycles. The van der Waals surface area contributed by atoms with E-state index in [0.29, 0.717) is 17.8 Å². The third-order valence-corrected chi connectivity index (χ3v) is 3.41. The van der Waals surface area contributed by atoms with Gasteiger partial charge in [-0.15, -0.1) is 0 Å². The van der Waals surface area contributed by atoms with E-state index < -0.39 is 0 Å². The second-order valence-corrected chi connectivity index (χ2v) is 5.55. The lowest BCUT2D eigenvalue weighted by atomic mass is 10.2. The average Bonchev–Trinajstić information content (AvgIpc) is 2.56. The van der Waals surface area contributed by atoms with E-state index in [9.17, 15) is 14.4 Å². The fourth-order valence-corrected chi connectivity index (χ4v) is 2.18. The SMILES string of the molecule is CCCNC(=O)c1ccc(NC(=O)Cn2cc(C)ccc2=O)cc1. The Balaban J connectivity index is 1.98. The van der Waals surface area contributed by atoms with Gasteiger partial charge in [-0.05, 0) is 43.2 Å². The third kappa shape index (κ3) is 4.81. The van der Waals surface area contributed by atoms with Gasteiger partial charge in [0.15, 0.2) is 0 Å². The van der Waals surface area contributed by atoms with Crippen molar-refractivity contribution in [1.29, 1.82) is 0 Å². The quantitative estimate of drug-likeness (QED) is 0.851. The Morgan fingerprint density at radius 1 is 1.08 bits per heavy atom. The first-order chi connectivity index (χ1) is 11.5. The monoisotopic (exact) mass is 327 g/mol. The normalized spacial score (nSPS) is 10.2. The summed E-state index contributed by atoms with van der Waals surface area (Å²) in [5.74, 6) is -0.438. The smallest absolute Gasteiger partial charge is 0.251 e. The molecule has 2 aromatic rings. The first-order valence-electron chi connectivity index (χ1n) is 7.85. The molecule has 0 unspecified atom stereocenters. The second kappa shape index (κ2) is 8.10. The fourth-order valence-electron chi connectivity index (χ4n) is 2.18. The first-order valence-corrected chi connectivity index (χ1v) is 7.85. The van der Waals surface area contributed by atoms with Crippen molar-refractivity contribution in [2.75, 3.05) is 11.9 Å². The van der Waals surface area contributed by atoms with Crippen LogP contribution in [0.4, 0.5) is 5.69 Å². The van der Waals surface area contributed by atoms with Gasteiger partial charge in [-0.3, -0.25) is 14.4 Å². The van der Waals surface area contributed by atoms with Gasteiger partial charge in [0.25, 0.3) is 11.5 Å². The van der Waals surface area contributed by atoms with Crippen LogP contribution in [0, 0.1) is 6.92 Å². The molecule has 2 amide bonds. The maximum atomic E-state index is 12.1. The van der Waals surface area contributed by atoms with Crippen LogP contribution in [-0.2, 0) is 11.3 Å². The molecule has 2 N–H and O–H groups in total. The number of amides is 2. The van der Waals surface area contributed by atoms with E-state index >= 15 is 0 Å². The highest BCUT2D eigenvalue weighted by Gasteiger charge is 2.07. The van der Waals surface area contributed by atoms with Gasteiger partial charge < -0.3 is 15.2 Å². The molecule has 24 heavy (non-hydrogen) atoms. The first kappa shape index (κ1) is 17.5. The molecule has 0 radical (unpaired) electrons. The highest BCUT2D eigenvalue weighted by Crippen LogP contribution is 2.09. The van der Waals surface area contributed by atoms with Gasteiger partial charge in [-0.25, -0.2) is 0 Å². The van der Waals surface area contributed by atoms with Crippen LogP contribution in [0.25, 0.3) is 0 Å². The Hall–Kier alpha value is -2.89. The van der Waals surface area contributed by atoms with Crippen LogP contribution >= 0.6 is 0 Å². The van der Waals surface area contributed by atoms with E-state index in [1.807, 2.05) is 13.8 Å². The van der Waals surface area contributed by atoms with E-state index in [2.05, 4.69) is 10.6 Å². The molecule has 0 aliphatic carbocycles. The highest BCUT2D eigenvalue weighted by molar-refractivity contribution is 5.95. The number of hydrogen-bond donors (Lipinski definition) is 2. The Morgan fingerprint density at radius 3 is 2.46 bits per heavy atom. The Kier molecular flexibility index (Phi) is 5.89. The van der Waals surface area contributed by atoms with Crippen molar-refractivity contribution in [1.82, 2.24) is 9.88 Å². The summed E-state index contributed by atoms with van der Waals surface area (Å²) < 4.78 is 1.36. The highest BCUT2D eigenvalue weighted by atomic mass is 16.2. The number of anilines is 1. The van der Waals surface area contributed by atoms with Crippen LogP contribution in [0.5, 0.6) is 0 Å². The molecular weight excluding hydrogens is 306 g/mol. The topological polar surface area (TPSA) is 80.2 Å². The van der Waals surface area contributed by atoms with Crippen molar-refractivity contribution in [3.8, 4) is 0 Å². The summed E-state index contributed by atoms with van der Waals surface area (Å²) in [5, 5.41) is 5.50. The average molecular weight is 327 g/mol. The number of aromatic nitrogens is 1. The summed E-state index contributed by atoms with van der Waals surface area (Å²) in [5.41, 5.74) is 1.80. The second-order valence-electron chi connectivity index (χ2n) is 5.55. The molecule has 6 heteroatoms. The van der Waals surface area contributed by atoms with Crippen molar-refractivity contribution in [3.05, 3.63) is 64.1 Å². The van der Waals surface area contributed by atoms with Crippen molar-refractivity contribution >= 4 is 17.5 Å². The predicted octanol–water partition coefficient (Wildman–Crippen LogP) is 1.94. The van der Waals surface area contributed by atoms with Gasteiger partial charge in [0.1, 0.15) is 6.54 Å². The molecule has 0 atom stereocenters. The van der Waals surface area contributed by atoms with E-state index in [1.54, 1.807) is 36.5 Å². The molecule has 0 saturated heterocycles.